The molecule has 1 N–H and O–H groups in total. The van der Waals surface area contributed by atoms with Crippen molar-refractivity contribution < 1.29 is 9.59 Å². The van der Waals surface area contributed by atoms with E-state index >= 15 is 0 Å². The fraction of sp³-hybridized carbons (Fsp3) is 0.355. The van der Waals surface area contributed by atoms with Crippen LogP contribution in [-0.2, 0) is 28.3 Å². The zero-order valence-corrected chi connectivity index (χ0v) is 23.8. The zero-order chi connectivity index (χ0) is 26.0. The summed E-state index contributed by atoms with van der Waals surface area (Å²) >= 11 is 5.10. The van der Waals surface area contributed by atoms with E-state index in [1.807, 2.05) is 54.6 Å². The molecule has 0 spiro atoms. The maximum Gasteiger partial charge on any atom is 0.243 e. The Morgan fingerprint density at radius 1 is 0.946 bits per heavy atom. The summed E-state index contributed by atoms with van der Waals surface area (Å²) in [5, 5.41) is 3.27. The fourth-order valence-corrected chi connectivity index (χ4v) is 5.97. The third-order valence-corrected chi connectivity index (χ3v) is 8.33. The van der Waals surface area contributed by atoms with E-state index in [4.69, 9.17) is 0 Å². The number of thioether (sulfide) groups is 1. The number of hydrogen-bond donors (Lipinski definition) is 1. The van der Waals surface area contributed by atoms with Crippen LogP contribution < -0.4 is 5.32 Å². The van der Waals surface area contributed by atoms with E-state index in [0.29, 0.717) is 18.7 Å². The SMILES string of the molecule is Cc1cccc(CSCC(=O)N(Cc2ccc(Br)cc2)[C@@H](Cc2ccccc2)C(=O)NC2CCCC2)c1. The third-order valence-electron chi connectivity index (χ3n) is 6.82. The van der Waals surface area contributed by atoms with Crippen molar-refractivity contribution in [2.24, 2.45) is 0 Å². The molecule has 3 aromatic rings. The molecule has 0 aromatic heterocycles. The van der Waals surface area contributed by atoms with E-state index in [0.717, 1.165) is 47.0 Å². The average Bonchev–Trinajstić information content (AvgIpc) is 3.41. The largest absolute Gasteiger partial charge is 0.352 e. The maximum absolute atomic E-state index is 13.8. The molecule has 0 radical (unpaired) electrons. The van der Waals surface area contributed by atoms with E-state index in [2.05, 4.69) is 52.4 Å². The molecule has 1 aliphatic rings. The van der Waals surface area contributed by atoms with Gasteiger partial charge in [0.1, 0.15) is 6.04 Å². The highest BCUT2D eigenvalue weighted by Crippen LogP contribution is 2.22. The summed E-state index contributed by atoms with van der Waals surface area (Å²) in [5.41, 5.74) is 4.48. The molecule has 0 saturated heterocycles. The number of aryl methyl sites for hydroxylation is 1. The number of rotatable bonds is 11. The molecule has 0 heterocycles. The van der Waals surface area contributed by atoms with Crippen LogP contribution >= 0.6 is 27.7 Å². The van der Waals surface area contributed by atoms with Crippen molar-refractivity contribution in [2.75, 3.05) is 5.75 Å². The quantitative estimate of drug-likeness (QED) is 0.276. The van der Waals surface area contributed by atoms with Gasteiger partial charge in [-0.1, -0.05) is 101 Å². The van der Waals surface area contributed by atoms with Gasteiger partial charge in [0.15, 0.2) is 0 Å². The summed E-state index contributed by atoms with van der Waals surface area (Å²) in [7, 11) is 0. The van der Waals surface area contributed by atoms with Crippen molar-refractivity contribution in [3.8, 4) is 0 Å². The Morgan fingerprint density at radius 3 is 2.35 bits per heavy atom. The minimum absolute atomic E-state index is 0.0110. The van der Waals surface area contributed by atoms with Gasteiger partial charge in [-0.3, -0.25) is 9.59 Å². The molecule has 194 valence electrons. The van der Waals surface area contributed by atoms with Gasteiger partial charge >= 0.3 is 0 Å². The summed E-state index contributed by atoms with van der Waals surface area (Å²) < 4.78 is 0.989. The minimum atomic E-state index is -0.571. The molecule has 37 heavy (non-hydrogen) atoms. The topological polar surface area (TPSA) is 49.4 Å². The molecular weight excluding hydrogens is 544 g/mol. The van der Waals surface area contributed by atoms with Crippen molar-refractivity contribution in [3.05, 3.63) is 106 Å². The number of carbonyl (C=O) groups is 2. The number of nitrogens with one attached hydrogen (secondary N) is 1. The summed E-state index contributed by atoms with van der Waals surface area (Å²) in [6.07, 6.45) is 4.80. The average molecular weight is 580 g/mol. The molecule has 1 fully saturated rings. The van der Waals surface area contributed by atoms with E-state index < -0.39 is 6.04 Å². The van der Waals surface area contributed by atoms with Crippen molar-refractivity contribution in [1.82, 2.24) is 10.2 Å². The van der Waals surface area contributed by atoms with Gasteiger partial charge in [0.2, 0.25) is 11.8 Å². The fourth-order valence-electron chi connectivity index (χ4n) is 4.85. The predicted molar refractivity (Wildman–Crippen MR) is 156 cm³/mol. The Hall–Kier alpha value is -2.57. The van der Waals surface area contributed by atoms with Crippen molar-refractivity contribution in [1.29, 1.82) is 0 Å². The van der Waals surface area contributed by atoms with Crippen LogP contribution in [0.15, 0.2) is 83.3 Å². The summed E-state index contributed by atoms with van der Waals surface area (Å²) in [4.78, 5) is 29.3. The van der Waals surface area contributed by atoms with E-state index in [9.17, 15) is 9.59 Å². The van der Waals surface area contributed by atoms with Gasteiger partial charge in [-0.2, -0.15) is 0 Å². The van der Waals surface area contributed by atoms with Gasteiger partial charge in [-0.25, -0.2) is 0 Å². The lowest BCUT2D eigenvalue weighted by atomic mass is 10.0. The zero-order valence-electron chi connectivity index (χ0n) is 21.4. The van der Waals surface area contributed by atoms with Crippen molar-refractivity contribution >= 4 is 39.5 Å². The van der Waals surface area contributed by atoms with Gasteiger partial charge in [-0.05, 0) is 48.6 Å². The number of benzene rings is 3. The predicted octanol–water partition coefficient (Wildman–Crippen LogP) is 6.69. The Labute approximate surface area is 233 Å². The van der Waals surface area contributed by atoms with Crippen LogP contribution in [-0.4, -0.2) is 34.6 Å². The molecule has 1 atom stereocenters. The van der Waals surface area contributed by atoms with Crippen LogP contribution in [0.3, 0.4) is 0 Å². The molecule has 0 aliphatic heterocycles. The van der Waals surface area contributed by atoms with Gasteiger partial charge in [0, 0.05) is 29.2 Å². The molecule has 2 amide bonds. The first-order valence-corrected chi connectivity index (χ1v) is 14.9. The Kier molecular flexibility index (Phi) is 10.3. The van der Waals surface area contributed by atoms with Gasteiger partial charge in [0.25, 0.3) is 0 Å². The van der Waals surface area contributed by atoms with Crippen LogP contribution in [0.4, 0.5) is 0 Å². The highest BCUT2D eigenvalue weighted by atomic mass is 79.9. The number of halogens is 1. The lowest BCUT2D eigenvalue weighted by molar-refractivity contribution is -0.139. The minimum Gasteiger partial charge on any atom is -0.352 e. The summed E-state index contributed by atoms with van der Waals surface area (Å²) in [6.45, 7) is 2.48. The first-order chi connectivity index (χ1) is 18.0. The molecule has 1 saturated carbocycles. The number of hydrogen-bond acceptors (Lipinski definition) is 3. The Bertz CT molecular complexity index is 1160. The molecule has 6 heteroatoms. The molecule has 1 aliphatic carbocycles. The number of amides is 2. The van der Waals surface area contributed by atoms with Gasteiger partial charge in [-0.15, -0.1) is 11.8 Å². The van der Waals surface area contributed by atoms with Crippen LogP contribution in [0.2, 0.25) is 0 Å². The second kappa shape index (κ2) is 13.8. The highest BCUT2D eigenvalue weighted by Gasteiger charge is 2.32. The van der Waals surface area contributed by atoms with E-state index in [1.54, 1.807) is 16.7 Å². The van der Waals surface area contributed by atoms with Gasteiger partial charge < -0.3 is 10.2 Å². The van der Waals surface area contributed by atoms with Crippen molar-refractivity contribution in [2.45, 2.75) is 63.4 Å². The second-order valence-electron chi connectivity index (χ2n) is 9.83. The standard InChI is InChI=1S/C31H35BrN2O2S/c1-23-8-7-11-26(18-23)21-37-22-30(35)34(20-25-14-16-27(32)17-15-25)29(19-24-9-3-2-4-10-24)31(36)33-28-12-5-6-13-28/h2-4,7-11,14-18,28-29H,5-6,12-13,19-22H2,1H3,(H,33,36)/t29-/m0/s1. The lowest BCUT2D eigenvalue weighted by Crippen LogP contribution is -2.52. The van der Waals surface area contributed by atoms with Crippen LogP contribution in [0.1, 0.15) is 47.9 Å². The Balaban J connectivity index is 1.56. The lowest BCUT2D eigenvalue weighted by Gasteiger charge is -2.32. The molecule has 3 aromatic carbocycles. The number of carbonyl (C=O) groups excluding carboxylic acids is 2. The molecular formula is C31H35BrN2O2S. The maximum atomic E-state index is 13.8. The molecule has 0 unspecified atom stereocenters. The summed E-state index contributed by atoms with van der Waals surface area (Å²) in [5.74, 6) is 1.02. The Morgan fingerprint density at radius 2 is 1.65 bits per heavy atom. The molecule has 4 rings (SSSR count). The van der Waals surface area contributed by atoms with Crippen molar-refractivity contribution in [3.63, 3.8) is 0 Å². The van der Waals surface area contributed by atoms with Crippen LogP contribution in [0.5, 0.6) is 0 Å². The summed E-state index contributed by atoms with van der Waals surface area (Å²) in [6, 6.07) is 26.0. The normalized spacial score (nSPS) is 14.3. The monoisotopic (exact) mass is 578 g/mol. The second-order valence-corrected chi connectivity index (χ2v) is 11.7. The third kappa shape index (κ3) is 8.47. The smallest absolute Gasteiger partial charge is 0.243 e. The van der Waals surface area contributed by atoms with Crippen LogP contribution in [0, 0.1) is 6.92 Å². The first-order valence-electron chi connectivity index (χ1n) is 13.0. The van der Waals surface area contributed by atoms with E-state index in [1.165, 1.54) is 11.1 Å². The molecule has 4 nitrogen and oxygen atoms in total. The van der Waals surface area contributed by atoms with E-state index in [-0.39, 0.29) is 17.9 Å². The van der Waals surface area contributed by atoms with Gasteiger partial charge in [0.05, 0.1) is 5.75 Å². The molecule has 0 bridgehead atoms. The van der Waals surface area contributed by atoms with Crippen LogP contribution in [0.25, 0.3) is 0 Å². The number of nitrogens with zero attached hydrogens (tertiary/aromatic N) is 1. The highest BCUT2D eigenvalue weighted by molar-refractivity contribution is 9.10. The first kappa shape index (κ1) is 27.5.